The molecule has 1 fully saturated rings. The van der Waals surface area contributed by atoms with Gasteiger partial charge < -0.3 is 5.32 Å². The van der Waals surface area contributed by atoms with Crippen LogP contribution in [0.15, 0.2) is 0 Å². The molecule has 1 aliphatic rings. The first-order valence-electron chi connectivity index (χ1n) is 4.31. The molecule has 1 N–H and O–H groups in total. The van der Waals surface area contributed by atoms with Crippen molar-refractivity contribution in [3.8, 4) is 0 Å². The van der Waals surface area contributed by atoms with Crippen LogP contribution in [0.5, 0.6) is 0 Å². The van der Waals surface area contributed by atoms with Crippen LogP contribution in [0.3, 0.4) is 0 Å². The summed E-state index contributed by atoms with van der Waals surface area (Å²) in [6.45, 7) is 13.4. The Kier molecular flexibility index (Phi) is 3.95. The molecule has 1 rings (SSSR count). The summed E-state index contributed by atoms with van der Waals surface area (Å²) in [6, 6.07) is 0. The SMILES string of the molecule is CC.CC(C)(C)C1CNC1. The van der Waals surface area contributed by atoms with Crippen LogP contribution in [-0.2, 0) is 0 Å². The fourth-order valence-electron chi connectivity index (χ4n) is 0.901. The molecule has 0 bridgehead atoms. The molecule has 0 radical (unpaired) electrons. The molecule has 0 saturated carbocycles. The molecule has 0 unspecified atom stereocenters. The molecule has 0 aromatic carbocycles. The summed E-state index contributed by atoms with van der Waals surface area (Å²) in [5.74, 6) is 0.919. The molecule has 0 aromatic rings. The fraction of sp³-hybridized carbons (Fsp3) is 1.00. The Morgan fingerprint density at radius 1 is 1.10 bits per heavy atom. The molecule has 1 saturated heterocycles. The average Bonchev–Trinajstić information content (AvgIpc) is 1.61. The van der Waals surface area contributed by atoms with Gasteiger partial charge in [0.2, 0.25) is 0 Å². The molecular formula is C9H21N. The molecule has 1 heteroatoms. The smallest absolute Gasteiger partial charge is 0.000323 e. The van der Waals surface area contributed by atoms with E-state index in [-0.39, 0.29) is 0 Å². The lowest BCUT2D eigenvalue weighted by atomic mass is 9.77. The van der Waals surface area contributed by atoms with E-state index in [0.29, 0.717) is 5.41 Å². The zero-order chi connectivity index (χ0) is 8.20. The Labute approximate surface area is 65.2 Å². The van der Waals surface area contributed by atoms with Crippen molar-refractivity contribution in [3.63, 3.8) is 0 Å². The molecule has 0 amide bonds. The van der Waals surface area contributed by atoms with Gasteiger partial charge in [0.25, 0.3) is 0 Å². The van der Waals surface area contributed by atoms with Gasteiger partial charge in [0, 0.05) is 0 Å². The summed E-state index contributed by atoms with van der Waals surface area (Å²) in [7, 11) is 0. The van der Waals surface area contributed by atoms with Gasteiger partial charge in [0.15, 0.2) is 0 Å². The van der Waals surface area contributed by atoms with Crippen molar-refractivity contribution in [1.82, 2.24) is 5.32 Å². The maximum Gasteiger partial charge on any atom is -0.000323 e. The Morgan fingerprint density at radius 3 is 1.50 bits per heavy atom. The van der Waals surface area contributed by atoms with Crippen LogP contribution in [-0.4, -0.2) is 13.1 Å². The predicted molar refractivity (Wildman–Crippen MR) is 47.2 cm³/mol. The molecule has 1 heterocycles. The van der Waals surface area contributed by atoms with E-state index in [0.717, 1.165) is 5.92 Å². The Hall–Kier alpha value is -0.0400. The van der Waals surface area contributed by atoms with E-state index in [4.69, 9.17) is 0 Å². The lowest BCUT2D eigenvalue weighted by Gasteiger charge is -2.38. The van der Waals surface area contributed by atoms with Crippen molar-refractivity contribution < 1.29 is 0 Å². The molecule has 0 aromatic heterocycles. The normalized spacial score (nSPS) is 18.9. The average molecular weight is 143 g/mol. The van der Waals surface area contributed by atoms with Crippen LogP contribution < -0.4 is 5.32 Å². The monoisotopic (exact) mass is 143 g/mol. The highest BCUT2D eigenvalue weighted by Gasteiger charge is 2.28. The highest BCUT2D eigenvalue weighted by molar-refractivity contribution is 4.84. The third-order valence-electron chi connectivity index (χ3n) is 2.01. The van der Waals surface area contributed by atoms with Crippen LogP contribution in [0.1, 0.15) is 34.6 Å². The van der Waals surface area contributed by atoms with Gasteiger partial charge in [-0.3, -0.25) is 0 Å². The largest absolute Gasteiger partial charge is 0.316 e. The number of rotatable bonds is 0. The van der Waals surface area contributed by atoms with Crippen LogP contribution in [0, 0.1) is 11.3 Å². The summed E-state index contributed by atoms with van der Waals surface area (Å²) >= 11 is 0. The first-order chi connectivity index (χ1) is 4.61. The van der Waals surface area contributed by atoms with Crippen molar-refractivity contribution in [1.29, 1.82) is 0 Å². The lowest BCUT2D eigenvalue weighted by molar-refractivity contribution is 0.165. The summed E-state index contributed by atoms with van der Waals surface area (Å²) < 4.78 is 0. The maximum atomic E-state index is 3.27. The predicted octanol–water partition coefficient (Wildman–Crippen LogP) is 2.28. The molecule has 0 aliphatic carbocycles. The van der Waals surface area contributed by atoms with Gasteiger partial charge in [-0.2, -0.15) is 0 Å². The maximum absolute atomic E-state index is 3.27. The van der Waals surface area contributed by atoms with Crippen molar-refractivity contribution in [2.75, 3.05) is 13.1 Å². The molecule has 1 aliphatic heterocycles. The zero-order valence-corrected chi connectivity index (χ0v) is 7.99. The fourth-order valence-corrected chi connectivity index (χ4v) is 0.901. The lowest BCUT2D eigenvalue weighted by Crippen LogP contribution is -2.48. The van der Waals surface area contributed by atoms with Gasteiger partial charge in [-0.1, -0.05) is 34.6 Å². The second-order valence-electron chi connectivity index (χ2n) is 3.72. The number of hydrogen-bond acceptors (Lipinski definition) is 1. The molecule has 1 nitrogen and oxygen atoms in total. The van der Waals surface area contributed by atoms with E-state index in [1.165, 1.54) is 13.1 Å². The molecule has 0 atom stereocenters. The van der Waals surface area contributed by atoms with Gasteiger partial charge >= 0.3 is 0 Å². The summed E-state index contributed by atoms with van der Waals surface area (Å²) in [6.07, 6.45) is 0. The summed E-state index contributed by atoms with van der Waals surface area (Å²) in [5.41, 5.74) is 0.533. The van der Waals surface area contributed by atoms with Crippen LogP contribution in [0.2, 0.25) is 0 Å². The minimum atomic E-state index is 0.533. The summed E-state index contributed by atoms with van der Waals surface area (Å²) in [4.78, 5) is 0. The zero-order valence-electron chi connectivity index (χ0n) is 7.99. The third-order valence-corrected chi connectivity index (χ3v) is 2.01. The van der Waals surface area contributed by atoms with Crippen molar-refractivity contribution >= 4 is 0 Å². The van der Waals surface area contributed by atoms with Crippen LogP contribution in [0.25, 0.3) is 0 Å². The third kappa shape index (κ3) is 2.70. The molecular weight excluding hydrogens is 122 g/mol. The van der Waals surface area contributed by atoms with Gasteiger partial charge in [-0.25, -0.2) is 0 Å². The van der Waals surface area contributed by atoms with E-state index >= 15 is 0 Å². The van der Waals surface area contributed by atoms with Crippen LogP contribution >= 0.6 is 0 Å². The summed E-state index contributed by atoms with van der Waals surface area (Å²) in [5, 5.41) is 3.27. The van der Waals surface area contributed by atoms with Gasteiger partial charge in [0.1, 0.15) is 0 Å². The first kappa shape index (κ1) is 9.96. The van der Waals surface area contributed by atoms with E-state index < -0.39 is 0 Å². The van der Waals surface area contributed by atoms with E-state index in [9.17, 15) is 0 Å². The highest BCUT2D eigenvalue weighted by atomic mass is 15.0. The first-order valence-corrected chi connectivity index (χ1v) is 4.31. The van der Waals surface area contributed by atoms with Gasteiger partial charge in [-0.15, -0.1) is 0 Å². The second-order valence-corrected chi connectivity index (χ2v) is 3.72. The molecule has 10 heavy (non-hydrogen) atoms. The van der Waals surface area contributed by atoms with E-state index in [2.05, 4.69) is 26.1 Å². The minimum absolute atomic E-state index is 0.533. The number of nitrogens with one attached hydrogen (secondary N) is 1. The van der Waals surface area contributed by atoms with Gasteiger partial charge in [-0.05, 0) is 24.4 Å². The standard InChI is InChI=1S/C7H15N.C2H6/c1-7(2,3)6-4-8-5-6;1-2/h6,8H,4-5H2,1-3H3;1-2H3. The molecule has 0 spiro atoms. The number of hydrogen-bond donors (Lipinski definition) is 1. The Morgan fingerprint density at radius 2 is 1.50 bits per heavy atom. The van der Waals surface area contributed by atoms with E-state index in [1.54, 1.807) is 0 Å². The van der Waals surface area contributed by atoms with E-state index in [1.807, 2.05) is 13.8 Å². The van der Waals surface area contributed by atoms with Crippen molar-refractivity contribution in [3.05, 3.63) is 0 Å². The topological polar surface area (TPSA) is 12.0 Å². The minimum Gasteiger partial charge on any atom is -0.316 e. The quantitative estimate of drug-likeness (QED) is 0.548. The Balaban J connectivity index is 0.000000371. The van der Waals surface area contributed by atoms with Crippen molar-refractivity contribution in [2.45, 2.75) is 34.6 Å². The highest BCUT2D eigenvalue weighted by Crippen LogP contribution is 2.27. The van der Waals surface area contributed by atoms with Gasteiger partial charge in [0.05, 0.1) is 0 Å². The second kappa shape index (κ2) is 3.97. The van der Waals surface area contributed by atoms with Crippen LogP contribution in [0.4, 0.5) is 0 Å². The Bertz CT molecular complexity index is 77.2. The molecule has 62 valence electrons. The van der Waals surface area contributed by atoms with Crippen molar-refractivity contribution in [2.24, 2.45) is 11.3 Å².